The quantitative estimate of drug-likeness (QED) is 0.0229. The van der Waals surface area contributed by atoms with E-state index in [9.17, 15) is 34.0 Å². The Labute approximate surface area is 704 Å². The molecule has 6 N–H and O–H groups in total. The van der Waals surface area contributed by atoms with Crippen LogP contribution in [0.3, 0.4) is 0 Å². The van der Waals surface area contributed by atoms with Gasteiger partial charge in [0.05, 0.1) is 33.7 Å². The molecule has 0 atom stereocenters. The Morgan fingerprint density at radius 2 is 0.950 bits per heavy atom. The van der Waals surface area contributed by atoms with Crippen LogP contribution < -0.4 is 31.9 Å². The molecule has 0 saturated heterocycles. The Bertz CT molecular complexity index is 6220. The third-order valence-electron chi connectivity index (χ3n) is 18.9. The van der Waals surface area contributed by atoms with Gasteiger partial charge in [-0.1, -0.05) is 160 Å². The summed E-state index contributed by atoms with van der Waals surface area (Å²) in [7, 11) is 0. The van der Waals surface area contributed by atoms with Crippen LogP contribution in [-0.4, -0.2) is 79.9 Å². The Balaban J connectivity index is 0.000000157. The lowest BCUT2D eigenvalue weighted by Crippen LogP contribution is -2.14. The van der Waals surface area contributed by atoms with Crippen molar-refractivity contribution in [3.63, 3.8) is 0 Å². The van der Waals surface area contributed by atoms with E-state index in [0.29, 0.717) is 98.8 Å². The molecule has 23 heteroatoms. The highest BCUT2D eigenvalue weighted by Crippen LogP contribution is 2.43. The van der Waals surface area contributed by atoms with Gasteiger partial charge in [0.1, 0.15) is 29.2 Å². The number of pyridine rings is 2. The second kappa shape index (κ2) is 41.3. The first-order chi connectivity index (χ1) is 59.1. The number of rotatable bonds is 25. The highest BCUT2D eigenvalue weighted by atomic mass is 32.2. The van der Waals surface area contributed by atoms with Crippen molar-refractivity contribution >= 4 is 92.4 Å². The third kappa shape index (κ3) is 23.2. The number of benzene rings is 8. The fourth-order valence-corrected chi connectivity index (χ4v) is 14.0. The van der Waals surface area contributed by atoms with Crippen LogP contribution in [0.15, 0.2) is 326 Å². The number of carbonyl (C=O) groups is 6. The lowest BCUT2D eigenvalue weighted by molar-refractivity contribution is -0.112. The number of hydrogen-bond acceptors (Lipinski definition) is 16. The molecule has 1 aliphatic rings. The maximum Gasteiger partial charge on any atom is 0.255 e. The molecule has 6 amide bonds. The first-order valence-electron chi connectivity index (χ1n) is 39.3. The molecule has 0 bridgehead atoms. The van der Waals surface area contributed by atoms with Crippen LogP contribution in [0.4, 0.5) is 34.1 Å². The third-order valence-corrected chi connectivity index (χ3v) is 20.1. The zero-order chi connectivity index (χ0) is 84.2. The maximum absolute atomic E-state index is 12.9. The summed E-state index contributed by atoms with van der Waals surface area (Å²) in [5.41, 5.74) is 17.7. The second-order valence-corrected chi connectivity index (χ2v) is 28.9. The molecule has 1 aliphatic heterocycles. The van der Waals surface area contributed by atoms with Crippen LogP contribution >= 0.6 is 11.8 Å². The van der Waals surface area contributed by atoms with E-state index in [-0.39, 0.29) is 35.4 Å². The molecule has 0 unspecified atom stereocenters. The SMILES string of the molecule is CC/C=C/C(=O)Nc1cc(C(=O)Nc2ccc(Cc3nccc(-c4cccnc4)n3)cc2)ccc1C.CC/C=C/C(=O)Nc1cccc(C(=O)Nc2ccc(Cc3nccc(-c4c(-c5ccccc5)nn5ccccc45)n3)cc2)c1.CC/C=C/C(=O)Nc1cccc(C(=O)Nc2ccc(Cc3nccc(/C(C#N)=C4\Cc5ccccc5S4)n3)cc2)c1. The van der Waals surface area contributed by atoms with E-state index in [0.717, 1.165) is 92.1 Å². The number of amides is 6. The van der Waals surface area contributed by atoms with Crippen molar-refractivity contribution in [3.8, 4) is 39.8 Å². The van der Waals surface area contributed by atoms with Crippen molar-refractivity contribution in [1.82, 2.24) is 44.5 Å². The molecular weight excluding hydrogens is 1530 g/mol. The number of hydrogen-bond donors (Lipinski definition) is 6. The first kappa shape index (κ1) is 83.4. The number of fused-ring (bicyclic) bond motifs is 2. The minimum absolute atomic E-state index is 0.219. The molecule has 7 heterocycles. The Kier molecular flexibility index (Phi) is 28.5. The minimum Gasteiger partial charge on any atom is -0.322 e. The summed E-state index contributed by atoms with van der Waals surface area (Å²) in [6.07, 6.45) is 25.1. The maximum atomic E-state index is 12.9. The van der Waals surface area contributed by atoms with Gasteiger partial charge in [-0.25, -0.2) is 34.4 Å². The van der Waals surface area contributed by atoms with Crippen molar-refractivity contribution in [2.45, 2.75) is 77.5 Å². The van der Waals surface area contributed by atoms with Crippen LogP contribution in [0, 0.1) is 18.3 Å². The minimum atomic E-state index is -0.280. The standard InChI is InChI=1S/C36H30N6O2.C33H27N5O2S.C29H27N5O2/c1-2-3-15-33(43)38-29-13-9-12-27(24-29)36(44)39-28-18-16-25(17-19-28)23-32-37-21-20-30(40-32)34-31-14-7-8-22-42(31)41-35(34)26-10-5-4-6-11-26;1-2-3-11-32(39)36-26-9-6-8-24(19-26)33(40)37-25-14-12-22(13-15-25)18-31-35-17-16-28(38-31)27(21-34)30-20-23-7-4-5-10-29(23)41-30;1-3-4-7-28(35)34-26-18-22(11-8-20(26)2)29(36)32-24-12-9-21(10-13-24)17-27-31-16-14-25(33-27)23-6-5-15-30-19-23/h3-22,24H,2,23H2,1H3,(H,38,43)(H,39,44);3-17,19H,2,18,20H2,1H3,(H,36,39)(H,37,40);4-16,18-19H,3,17H2,1-2H3,(H,32,36)(H,34,35)/b15-3+;11-3+,30-27+;7-4+. The van der Waals surface area contributed by atoms with Crippen molar-refractivity contribution in [3.05, 3.63) is 389 Å². The monoisotopic (exact) mass is 1610 g/mol. The van der Waals surface area contributed by atoms with Gasteiger partial charge in [0, 0.05) is 135 Å². The molecular formula is C98H84N16O6S. The predicted molar refractivity (Wildman–Crippen MR) is 477 cm³/mol. The van der Waals surface area contributed by atoms with Gasteiger partial charge in [-0.15, -0.1) is 0 Å². The van der Waals surface area contributed by atoms with Gasteiger partial charge < -0.3 is 31.9 Å². The molecule has 0 saturated carbocycles. The van der Waals surface area contributed by atoms with Gasteiger partial charge in [-0.3, -0.25) is 33.8 Å². The van der Waals surface area contributed by atoms with Crippen molar-refractivity contribution < 1.29 is 28.8 Å². The lowest BCUT2D eigenvalue weighted by atomic mass is 10.0. The fraction of sp³-hybridized carbons (Fsp3) is 0.112. The van der Waals surface area contributed by atoms with E-state index in [1.807, 2.05) is 190 Å². The largest absolute Gasteiger partial charge is 0.322 e. The van der Waals surface area contributed by atoms with Crippen LogP contribution in [0.1, 0.15) is 122 Å². The predicted octanol–water partition coefficient (Wildman–Crippen LogP) is 19.6. The van der Waals surface area contributed by atoms with Crippen molar-refractivity contribution in [2.24, 2.45) is 0 Å². The van der Waals surface area contributed by atoms with E-state index in [1.165, 1.54) is 28.7 Å². The topological polar surface area (TPSA) is 306 Å². The summed E-state index contributed by atoms with van der Waals surface area (Å²) in [5.74, 6) is 0.508. The molecule has 6 aromatic heterocycles. The Morgan fingerprint density at radius 1 is 0.455 bits per heavy atom. The van der Waals surface area contributed by atoms with E-state index in [2.05, 4.69) is 87.2 Å². The number of aryl methyl sites for hydroxylation is 1. The smallest absolute Gasteiger partial charge is 0.255 e. The van der Waals surface area contributed by atoms with Gasteiger partial charge in [0.15, 0.2) is 0 Å². The van der Waals surface area contributed by atoms with Crippen LogP contribution in [0.25, 0.3) is 44.9 Å². The van der Waals surface area contributed by atoms with Crippen LogP contribution in [0.2, 0.25) is 0 Å². The zero-order valence-corrected chi connectivity index (χ0v) is 67.6. The van der Waals surface area contributed by atoms with E-state index < -0.39 is 0 Å². The number of nitriles is 1. The number of nitrogens with zero attached hydrogens (tertiary/aromatic N) is 10. The number of carbonyl (C=O) groups excluding carboxylic acids is 6. The zero-order valence-electron chi connectivity index (χ0n) is 66.8. The summed E-state index contributed by atoms with van der Waals surface area (Å²) >= 11 is 1.63. The second-order valence-electron chi connectivity index (χ2n) is 27.8. The van der Waals surface area contributed by atoms with Crippen molar-refractivity contribution in [2.75, 3.05) is 31.9 Å². The van der Waals surface area contributed by atoms with Crippen molar-refractivity contribution in [1.29, 1.82) is 5.26 Å². The van der Waals surface area contributed by atoms with Gasteiger partial charge >= 0.3 is 0 Å². The number of aromatic nitrogens is 9. The fourth-order valence-electron chi connectivity index (χ4n) is 12.8. The summed E-state index contributed by atoms with van der Waals surface area (Å²) in [6, 6.07) is 77.6. The van der Waals surface area contributed by atoms with E-state index in [4.69, 9.17) is 15.1 Å². The summed E-state index contributed by atoms with van der Waals surface area (Å²) < 4.78 is 1.88. The van der Waals surface area contributed by atoms with Gasteiger partial charge in [0.25, 0.3) is 17.7 Å². The van der Waals surface area contributed by atoms with Gasteiger partial charge in [-0.05, 0) is 206 Å². The normalized spacial score (nSPS) is 11.8. The molecule has 598 valence electrons. The molecule has 15 rings (SSSR count). The van der Waals surface area contributed by atoms with Gasteiger partial charge in [0.2, 0.25) is 17.7 Å². The summed E-state index contributed by atoms with van der Waals surface area (Å²) in [6.45, 7) is 7.75. The molecule has 0 spiro atoms. The summed E-state index contributed by atoms with van der Waals surface area (Å²) in [5, 5.41) is 31.9. The highest BCUT2D eigenvalue weighted by molar-refractivity contribution is 8.03. The molecule has 8 aromatic carbocycles. The number of allylic oxidation sites excluding steroid dienone is 5. The van der Waals surface area contributed by atoms with E-state index >= 15 is 0 Å². The number of thioether (sulfide) groups is 1. The highest BCUT2D eigenvalue weighted by Gasteiger charge is 2.23. The first-order valence-corrected chi connectivity index (χ1v) is 40.2. The van der Waals surface area contributed by atoms with Crippen LogP contribution in [-0.2, 0) is 40.1 Å². The average molecular weight is 1610 g/mol. The molecule has 121 heavy (non-hydrogen) atoms. The Hall–Kier alpha value is -15.5. The van der Waals surface area contributed by atoms with E-state index in [1.54, 1.807) is 128 Å². The van der Waals surface area contributed by atoms with Crippen LogP contribution in [0.5, 0.6) is 0 Å². The summed E-state index contributed by atoms with van der Waals surface area (Å²) in [4.78, 5) is 108. The Morgan fingerprint density at radius 3 is 1.49 bits per heavy atom. The average Bonchev–Trinajstić information content (AvgIpc) is 1.62. The molecule has 0 aliphatic carbocycles. The molecule has 14 aromatic rings. The number of nitrogens with one attached hydrogen (secondary N) is 6. The number of anilines is 6. The lowest BCUT2D eigenvalue weighted by Gasteiger charge is -2.11. The molecule has 0 radical (unpaired) electrons. The molecule has 22 nitrogen and oxygen atoms in total. The van der Waals surface area contributed by atoms with Gasteiger partial charge in [-0.2, -0.15) is 10.4 Å². The molecule has 0 fully saturated rings.